The molecule has 130 valence electrons. The molecule has 2 heterocycles. The van der Waals surface area contributed by atoms with Crippen molar-refractivity contribution in [2.24, 2.45) is 0 Å². The Labute approximate surface area is 142 Å². The summed E-state index contributed by atoms with van der Waals surface area (Å²) in [5.74, 6) is 1.15. The van der Waals surface area contributed by atoms with Crippen LogP contribution in [-0.2, 0) is 4.79 Å². The van der Waals surface area contributed by atoms with E-state index in [1.165, 1.54) is 0 Å². The molecule has 2 aliphatic heterocycles. The van der Waals surface area contributed by atoms with Gasteiger partial charge in [-0.05, 0) is 31.4 Å². The molecule has 1 saturated heterocycles. The van der Waals surface area contributed by atoms with Gasteiger partial charge in [-0.2, -0.15) is 0 Å². The van der Waals surface area contributed by atoms with E-state index in [-0.39, 0.29) is 17.9 Å². The van der Waals surface area contributed by atoms with Gasteiger partial charge in [-0.25, -0.2) is 0 Å². The summed E-state index contributed by atoms with van der Waals surface area (Å²) >= 11 is 0. The summed E-state index contributed by atoms with van der Waals surface area (Å²) in [7, 11) is 0. The summed E-state index contributed by atoms with van der Waals surface area (Å²) in [5, 5.41) is 3.03. The van der Waals surface area contributed by atoms with Gasteiger partial charge in [0, 0.05) is 25.6 Å². The zero-order chi connectivity index (χ0) is 16.9. The van der Waals surface area contributed by atoms with Crippen LogP contribution >= 0.6 is 0 Å². The summed E-state index contributed by atoms with van der Waals surface area (Å²) in [6, 6.07) is 5.42. The van der Waals surface area contributed by atoms with Crippen LogP contribution in [0.2, 0.25) is 0 Å². The van der Waals surface area contributed by atoms with Gasteiger partial charge in [0.2, 0.25) is 5.91 Å². The average Bonchev–Trinajstić information content (AvgIpc) is 2.61. The lowest BCUT2D eigenvalue weighted by Crippen LogP contribution is -2.49. The highest BCUT2D eigenvalue weighted by Gasteiger charge is 2.28. The van der Waals surface area contributed by atoms with Gasteiger partial charge in [0.15, 0.2) is 11.5 Å². The summed E-state index contributed by atoms with van der Waals surface area (Å²) in [5.41, 5.74) is 0.535. The van der Waals surface area contributed by atoms with E-state index >= 15 is 0 Å². The molecule has 1 fully saturated rings. The smallest absolute Gasteiger partial charge is 0.257 e. The van der Waals surface area contributed by atoms with Crippen LogP contribution in [0.5, 0.6) is 11.5 Å². The quantitative estimate of drug-likeness (QED) is 0.915. The first-order valence-electron chi connectivity index (χ1n) is 8.66. The molecule has 1 unspecified atom stereocenters. The number of benzene rings is 1. The molecule has 1 aromatic carbocycles. The number of para-hydroxylation sites is 1. The first-order valence-corrected chi connectivity index (χ1v) is 8.66. The molecule has 3 rings (SSSR count). The molecule has 0 aliphatic carbocycles. The number of carbonyl (C=O) groups excluding carboxylic acids is 2. The van der Waals surface area contributed by atoms with Crippen LogP contribution in [-0.4, -0.2) is 49.1 Å². The standard InChI is InChI=1S/C18H24N2O4/c1-2-5-16(21)19-13-6-4-9-20(12-13)18(22)14-7-3-8-15-17(14)24-11-10-23-15/h3,7-8,13H,2,4-6,9-12H2,1H3,(H,19,21). The van der Waals surface area contributed by atoms with E-state index in [4.69, 9.17) is 9.47 Å². The van der Waals surface area contributed by atoms with Crippen molar-refractivity contribution < 1.29 is 19.1 Å². The van der Waals surface area contributed by atoms with E-state index in [1.54, 1.807) is 11.0 Å². The Hall–Kier alpha value is -2.24. The average molecular weight is 332 g/mol. The van der Waals surface area contributed by atoms with Crippen molar-refractivity contribution in [3.05, 3.63) is 23.8 Å². The van der Waals surface area contributed by atoms with Crippen LogP contribution in [0.4, 0.5) is 0 Å². The van der Waals surface area contributed by atoms with Crippen LogP contribution in [0.3, 0.4) is 0 Å². The maximum atomic E-state index is 12.9. The van der Waals surface area contributed by atoms with Gasteiger partial charge in [-0.1, -0.05) is 13.0 Å². The Bertz CT molecular complexity index is 617. The lowest BCUT2D eigenvalue weighted by atomic mass is 10.0. The van der Waals surface area contributed by atoms with E-state index in [0.717, 1.165) is 19.3 Å². The molecule has 0 bridgehead atoms. The Balaban J connectivity index is 1.70. The molecule has 1 aromatic rings. The number of amides is 2. The predicted molar refractivity (Wildman–Crippen MR) is 89.4 cm³/mol. The number of ether oxygens (including phenoxy) is 2. The van der Waals surface area contributed by atoms with Crippen LogP contribution in [0.15, 0.2) is 18.2 Å². The van der Waals surface area contributed by atoms with Gasteiger partial charge in [0.05, 0.1) is 5.56 Å². The van der Waals surface area contributed by atoms with Crippen molar-refractivity contribution in [1.82, 2.24) is 10.2 Å². The molecule has 0 saturated carbocycles. The molecule has 0 spiro atoms. The number of carbonyl (C=O) groups is 2. The lowest BCUT2D eigenvalue weighted by molar-refractivity contribution is -0.122. The molecule has 6 nitrogen and oxygen atoms in total. The summed E-state index contributed by atoms with van der Waals surface area (Å²) in [6.45, 7) is 4.17. The van der Waals surface area contributed by atoms with Crippen molar-refractivity contribution in [3.63, 3.8) is 0 Å². The maximum Gasteiger partial charge on any atom is 0.257 e. The van der Waals surface area contributed by atoms with Crippen LogP contribution < -0.4 is 14.8 Å². The second kappa shape index (κ2) is 7.55. The maximum absolute atomic E-state index is 12.9. The van der Waals surface area contributed by atoms with Gasteiger partial charge < -0.3 is 19.7 Å². The number of likely N-dealkylation sites (tertiary alicyclic amines) is 1. The largest absolute Gasteiger partial charge is 0.486 e. The minimum atomic E-state index is -0.0632. The number of nitrogens with zero attached hydrogens (tertiary/aromatic N) is 1. The number of nitrogens with one attached hydrogen (secondary N) is 1. The van der Waals surface area contributed by atoms with Crippen LogP contribution in [0.1, 0.15) is 43.0 Å². The van der Waals surface area contributed by atoms with Gasteiger partial charge >= 0.3 is 0 Å². The predicted octanol–water partition coefficient (Wildman–Crippen LogP) is 1.98. The Morgan fingerprint density at radius 3 is 2.96 bits per heavy atom. The van der Waals surface area contributed by atoms with Crippen molar-refractivity contribution in [2.45, 2.75) is 38.6 Å². The molecule has 2 aliphatic rings. The summed E-state index contributed by atoms with van der Waals surface area (Å²) in [4.78, 5) is 26.5. The fourth-order valence-electron chi connectivity index (χ4n) is 3.22. The highest BCUT2D eigenvalue weighted by atomic mass is 16.6. The number of hydrogen-bond acceptors (Lipinski definition) is 4. The zero-order valence-corrected chi connectivity index (χ0v) is 14.0. The Morgan fingerprint density at radius 1 is 1.29 bits per heavy atom. The van der Waals surface area contributed by atoms with Gasteiger partial charge in [-0.3, -0.25) is 9.59 Å². The number of piperidine rings is 1. The Kier molecular flexibility index (Phi) is 5.23. The van der Waals surface area contributed by atoms with E-state index in [0.29, 0.717) is 49.8 Å². The SMILES string of the molecule is CCCC(=O)NC1CCCN(C(=O)c2cccc3c2OCCO3)C1. The van der Waals surface area contributed by atoms with Crippen LogP contribution in [0.25, 0.3) is 0 Å². The van der Waals surface area contributed by atoms with E-state index in [1.807, 2.05) is 19.1 Å². The molecule has 0 radical (unpaired) electrons. The van der Waals surface area contributed by atoms with Gasteiger partial charge in [0.25, 0.3) is 5.91 Å². The van der Waals surface area contributed by atoms with E-state index < -0.39 is 0 Å². The fourth-order valence-corrected chi connectivity index (χ4v) is 3.22. The van der Waals surface area contributed by atoms with Crippen molar-refractivity contribution >= 4 is 11.8 Å². The monoisotopic (exact) mass is 332 g/mol. The molecule has 1 N–H and O–H groups in total. The third-order valence-corrected chi connectivity index (χ3v) is 4.35. The lowest BCUT2D eigenvalue weighted by Gasteiger charge is -2.34. The van der Waals surface area contributed by atoms with Crippen LogP contribution in [0, 0.1) is 0 Å². The van der Waals surface area contributed by atoms with Crippen molar-refractivity contribution in [3.8, 4) is 11.5 Å². The topological polar surface area (TPSA) is 67.9 Å². The molecular weight excluding hydrogens is 308 g/mol. The fraction of sp³-hybridized carbons (Fsp3) is 0.556. The van der Waals surface area contributed by atoms with E-state index in [9.17, 15) is 9.59 Å². The highest BCUT2D eigenvalue weighted by Crippen LogP contribution is 2.34. The number of rotatable bonds is 4. The number of hydrogen-bond donors (Lipinski definition) is 1. The highest BCUT2D eigenvalue weighted by molar-refractivity contribution is 5.98. The van der Waals surface area contributed by atoms with Gasteiger partial charge in [0.1, 0.15) is 13.2 Å². The van der Waals surface area contributed by atoms with Crippen molar-refractivity contribution in [2.75, 3.05) is 26.3 Å². The third kappa shape index (κ3) is 3.63. The molecule has 2 amide bonds. The molecule has 0 aromatic heterocycles. The minimum absolute atomic E-state index is 0.0263. The summed E-state index contributed by atoms with van der Waals surface area (Å²) in [6.07, 6.45) is 3.15. The van der Waals surface area contributed by atoms with Gasteiger partial charge in [-0.15, -0.1) is 0 Å². The molecular formula is C18H24N2O4. The molecule has 24 heavy (non-hydrogen) atoms. The number of fused-ring (bicyclic) bond motifs is 1. The second-order valence-electron chi connectivity index (χ2n) is 6.24. The van der Waals surface area contributed by atoms with E-state index in [2.05, 4.69) is 5.32 Å². The van der Waals surface area contributed by atoms with Crippen molar-refractivity contribution in [1.29, 1.82) is 0 Å². The Morgan fingerprint density at radius 2 is 2.12 bits per heavy atom. The molecule has 6 heteroatoms. The molecule has 1 atom stereocenters. The zero-order valence-electron chi connectivity index (χ0n) is 14.0. The normalized spacial score (nSPS) is 19.7. The third-order valence-electron chi connectivity index (χ3n) is 4.35. The first-order chi connectivity index (χ1) is 11.7. The minimum Gasteiger partial charge on any atom is -0.486 e. The summed E-state index contributed by atoms with van der Waals surface area (Å²) < 4.78 is 11.2. The first kappa shape index (κ1) is 16.6. The second-order valence-corrected chi connectivity index (χ2v) is 6.24.